The number of hydrogen-bond acceptors (Lipinski definition) is 4. The van der Waals surface area contributed by atoms with Crippen LogP contribution in [0, 0.1) is 0 Å². The summed E-state index contributed by atoms with van der Waals surface area (Å²) in [4.78, 5) is 14.9. The summed E-state index contributed by atoms with van der Waals surface area (Å²) in [6.45, 7) is 0. The summed E-state index contributed by atoms with van der Waals surface area (Å²) in [5.74, 6) is 2.11. The van der Waals surface area contributed by atoms with Crippen molar-refractivity contribution in [3.05, 3.63) is 162 Å². The van der Waals surface area contributed by atoms with E-state index in [0.29, 0.717) is 17.5 Å². The Bertz CT molecular complexity index is 2800. The predicted octanol–water partition coefficient (Wildman–Crippen LogP) is 9.83. The van der Waals surface area contributed by atoms with Gasteiger partial charge in [0.15, 0.2) is 17.5 Å². The maximum absolute atomic E-state index is 6.48. The second-order valence-corrected chi connectivity index (χ2v) is 12.7. The van der Waals surface area contributed by atoms with Gasteiger partial charge in [-0.05, 0) is 68.2 Å². The van der Waals surface area contributed by atoms with Crippen LogP contribution in [-0.4, -0.2) is 15.0 Å². The Balaban J connectivity index is 1.16. The monoisotopic (exact) mass is 627 g/mol. The van der Waals surface area contributed by atoms with Crippen LogP contribution in [0.25, 0.3) is 89.8 Å². The lowest BCUT2D eigenvalue weighted by atomic mass is 9.85. The van der Waals surface area contributed by atoms with Gasteiger partial charge in [0.05, 0.1) is 0 Å². The molecule has 1 atom stereocenters. The average molecular weight is 628 g/mol. The highest BCUT2D eigenvalue weighted by molar-refractivity contribution is 6.10. The smallest absolute Gasteiger partial charge is 0.164 e. The second-order valence-electron chi connectivity index (χ2n) is 12.7. The van der Waals surface area contributed by atoms with E-state index in [2.05, 4.69) is 91.0 Å². The van der Waals surface area contributed by atoms with Gasteiger partial charge < -0.3 is 4.42 Å². The summed E-state index contributed by atoms with van der Waals surface area (Å²) >= 11 is 0. The molecule has 0 radical (unpaired) electrons. The molecule has 9 aromatic rings. The zero-order valence-electron chi connectivity index (χ0n) is 26.5. The van der Waals surface area contributed by atoms with Crippen molar-refractivity contribution < 1.29 is 4.42 Å². The van der Waals surface area contributed by atoms with Gasteiger partial charge in [-0.3, -0.25) is 0 Å². The van der Waals surface area contributed by atoms with Crippen LogP contribution in [-0.2, 0) is 0 Å². The van der Waals surface area contributed by atoms with Crippen LogP contribution in [0.2, 0.25) is 0 Å². The van der Waals surface area contributed by atoms with Crippen LogP contribution in [0.15, 0.2) is 150 Å². The number of fused-ring (bicyclic) bond motifs is 9. The predicted molar refractivity (Wildman–Crippen MR) is 200 cm³/mol. The summed E-state index contributed by atoms with van der Waals surface area (Å²) in [5.41, 5.74) is 5.82. The summed E-state index contributed by atoms with van der Waals surface area (Å²) in [6, 6.07) is 50.5. The van der Waals surface area contributed by atoms with Crippen LogP contribution in [0.5, 0.6) is 0 Å². The Morgan fingerprint density at radius 3 is 1.67 bits per heavy atom. The fraction of sp³-hybridized carbons (Fsp3) is 0.0444. The standard InChI is InChI=1S/C45H29N3O/c1-3-12-28(13-4-1)43-46-44(29-14-5-2-6-15-29)48-45(47-43)31-23-25-40-39(27-31)42-32(20-11-21-41(42)49-40)30-22-24-37-35-18-8-7-16-33(35)34-17-9-10-19-36(34)38(37)26-30/h1-21,23-27,30H,22H2. The summed E-state index contributed by atoms with van der Waals surface area (Å²) < 4.78 is 6.48. The molecule has 0 N–H and O–H groups in total. The highest BCUT2D eigenvalue weighted by Crippen LogP contribution is 2.39. The number of hydrogen-bond donors (Lipinski definition) is 0. The van der Waals surface area contributed by atoms with Crippen molar-refractivity contribution >= 4 is 55.6 Å². The van der Waals surface area contributed by atoms with Crippen LogP contribution >= 0.6 is 0 Å². The quantitative estimate of drug-likeness (QED) is 0.182. The average Bonchev–Trinajstić information content (AvgIpc) is 3.57. The Morgan fingerprint density at radius 2 is 1.02 bits per heavy atom. The largest absolute Gasteiger partial charge is 0.456 e. The topological polar surface area (TPSA) is 51.8 Å². The molecule has 0 amide bonds. The molecule has 4 nitrogen and oxygen atoms in total. The normalized spacial score (nSPS) is 14.2. The highest BCUT2D eigenvalue weighted by atomic mass is 16.3. The Labute approximate surface area is 282 Å². The zero-order chi connectivity index (χ0) is 32.3. The number of rotatable bonds is 4. The maximum atomic E-state index is 6.48. The first-order valence-corrected chi connectivity index (χ1v) is 16.7. The maximum Gasteiger partial charge on any atom is 0.164 e. The van der Waals surface area contributed by atoms with Gasteiger partial charge in [0.1, 0.15) is 11.2 Å². The molecule has 0 aliphatic heterocycles. The fourth-order valence-electron chi connectivity index (χ4n) is 7.57. The molecule has 2 heterocycles. The molecular formula is C45H29N3O. The number of benzene rings is 7. The molecule has 0 fully saturated rings. The van der Waals surface area contributed by atoms with E-state index in [1.165, 1.54) is 37.5 Å². The van der Waals surface area contributed by atoms with E-state index in [4.69, 9.17) is 19.4 Å². The fourth-order valence-corrected chi connectivity index (χ4v) is 7.57. The zero-order valence-corrected chi connectivity index (χ0v) is 26.5. The Morgan fingerprint density at radius 1 is 0.449 bits per heavy atom. The summed E-state index contributed by atoms with van der Waals surface area (Å²) in [7, 11) is 0. The van der Waals surface area contributed by atoms with Crippen LogP contribution in [0.3, 0.4) is 0 Å². The number of furan rings is 1. The molecule has 49 heavy (non-hydrogen) atoms. The van der Waals surface area contributed by atoms with Crippen molar-refractivity contribution in [2.24, 2.45) is 0 Å². The minimum Gasteiger partial charge on any atom is -0.456 e. The first kappa shape index (κ1) is 27.7. The summed E-state index contributed by atoms with van der Waals surface area (Å²) in [5, 5.41) is 10.0. The molecule has 2 aromatic heterocycles. The van der Waals surface area contributed by atoms with Crippen molar-refractivity contribution in [1.29, 1.82) is 0 Å². The van der Waals surface area contributed by atoms with E-state index in [-0.39, 0.29) is 5.92 Å². The number of aromatic nitrogens is 3. The molecule has 1 aliphatic rings. The van der Waals surface area contributed by atoms with Gasteiger partial charge in [-0.25, -0.2) is 15.0 Å². The van der Waals surface area contributed by atoms with Crippen LogP contribution in [0.4, 0.5) is 0 Å². The van der Waals surface area contributed by atoms with E-state index < -0.39 is 0 Å². The molecule has 4 heteroatoms. The molecular weight excluding hydrogens is 599 g/mol. The third kappa shape index (κ3) is 4.56. The highest BCUT2D eigenvalue weighted by Gasteiger charge is 2.21. The van der Waals surface area contributed by atoms with E-state index in [1.807, 2.05) is 66.7 Å². The van der Waals surface area contributed by atoms with Gasteiger partial charge in [-0.2, -0.15) is 0 Å². The molecule has 1 aliphatic carbocycles. The van der Waals surface area contributed by atoms with Gasteiger partial charge in [0.25, 0.3) is 0 Å². The van der Waals surface area contributed by atoms with Crippen molar-refractivity contribution in [3.63, 3.8) is 0 Å². The molecule has 0 saturated heterocycles. The first-order chi connectivity index (χ1) is 24.3. The SMILES string of the molecule is C1=c2c(c3ccccc3c3ccccc23)=CC(c2cccc3oc4ccc(-c5nc(-c6ccccc6)nc(-c6ccccc6)n5)cc4c23)C1. The van der Waals surface area contributed by atoms with E-state index in [1.54, 1.807) is 0 Å². The van der Waals surface area contributed by atoms with E-state index in [0.717, 1.165) is 45.0 Å². The van der Waals surface area contributed by atoms with Crippen LogP contribution in [0.1, 0.15) is 17.9 Å². The Kier molecular flexibility index (Phi) is 6.28. The minimum atomic E-state index is 0.191. The third-order valence-corrected chi connectivity index (χ3v) is 9.84. The second kappa shape index (κ2) is 11.1. The van der Waals surface area contributed by atoms with Crippen molar-refractivity contribution in [3.8, 4) is 34.2 Å². The number of nitrogens with zero attached hydrogens (tertiary/aromatic N) is 3. The van der Waals surface area contributed by atoms with E-state index in [9.17, 15) is 0 Å². The lowest BCUT2D eigenvalue weighted by Crippen LogP contribution is -2.30. The van der Waals surface area contributed by atoms with Gasteiger partial charge >= 0.3 is 0 Å². The molecule has 230 valence electrons. The lowest BCUT2D eigenvalue weighted by Gasteiger charge is -2.18. The van der Waals surface area contributed by atoms with Gasteiger partial charge in [-0.15, -0.1) is 0 Å². The van der Waals surface area contributed by atoms with Gasteiger partial charge in [0.2, 0.25) is 0 Å². The third-order valence-electron chi connectivity index (χ3n) is 9.84. The molecule has 0 bridgehead atoms. The lowest BCUT2D eigenvalue weighted by molar-refractivity contribution is 0.668. The molecule has 1 unspecified atom stereocenters. The van der Waals surface area contributed by atoms with E-state index >= 15 is 0 Å². The minimum absolute atomic E-state index is 0.191. The molecule has 7 aromatic carbocycles. The molecule has 10 rings (SSSR count). The molecule has 0 spiro atoms. The van der Waals surface area contributed by atoms with Gasteiger partial charge in [-0.1, -0.05) is 133 Å². The molecule has 0 saturated carbocycles. The first-order valence-electron chi connectivity index (χ1n) is 16.7. The summed E-state index contributed by atoms with van der Waals surface area (Å²) in [6.07, 6.45) is 5.82. The van der Waals surface area contributed by atoms with Gasteiger partial charge in [0, 0.05) is 33.4 Å². The van der Waals surface area contributed by atoms with Crippen molar-refractivity contribution in [1.82, 2.24) is 15.0 Å². The van der Waals surface area contributed by atoms with Crippen molar-refractivity contribution in [2.45, 2.75) is 12.3 Å². The van der Waals surface area contributed by atoms with Crippen LogP contribution < -0.4 is 10.4 Å². The Hall–Kier alpha value is -6.39. The van der Waals surface area contributed by atoms with Crippen molar-refractivity contribution in [2.75, 3.05) is 0 Å².